The van der Waals surface area contributed by atoms with E-state index >= 15 is 0 Å². The number of para-hydroxylation sites is 1. The number of carbonyl (C=O) groups excluding carboxylic acids is 3. The minimum Gasteiger partial charge on any atom is -0.481 e. The predicted octanol–water partition coefficient (Wildman–Crippen LogP) is -0.519. The van der Waals surface area contributed by atoms with Crippen LogP contribution in [0.2, 0.25) is 0 Å². The van der Waals surface area contributed by atoms with Gasteiger partial charge in [0.2, 0.25) is 17.7 Å². The maximum Gasteiger partial charge on any atom is 0.325 e. The number of nitrogens with one attached hydrogen (secondary N) is 4. The van der Waals surface area contributed by atoms with E-state index in [0.29, 0.717) is 0 Å². The zero-order valence-corrected chi connectivity index (χ0v) is 18.8. The molecular formula is C22H29N5O7. The number of hydrogen-bond acceptors (Lipinski definition) is 6. The minimum atomic E-state index is -1.33. The molecule has 1 heterocycles. The first-order valence-electron chi connectivity index (χ1n) is 10.7. The van der Waals surface area contributed by atoms with E-state index < -0.39 is 60.2 Å². The largest absolute Gasteiger partial charge is 0.481 e. The predicted molar refractivity (Wildman–Crippen MR) is 122 cm³/mol. The number of amides is 3. The molecule has 4 atom stereocenters. The molecule has 34 heavy (non-hydrogen) atoms. The van der Waals surface area contributed by atoms with Crippen LogP contribution in [0.3, 0.4) is 0 Å². The van der Waals surface area contributed by atoms with Gasteiger partial charge < -0.3 is 36.9 Å². The Kier molecular flexibility index (Phi) is 9.13. The van der Waals surface area contributed by atoms with Gasteiger partial charge in [0.1, 0.15) is 18.1 Å². The van der Waals surface area contributed by atoms with Gasteiger partial charge in [-0.25, -0.2) is 0 Å². The molecule has 12 heteroatoms. The molecule has 0 spiro atoms. The van der Waals surface area contributed by atoms with Gasteiger partial charge in [-0.15, -0.1) is 0 Å². The van der Waals surface area contributed by atoms with Crippen molar-refractivity contribution in [2.45, 2.75) is 57.3 Å². The zero-order valence-electron chi connectivity index (χ0n) is 18.8. The Hall–Kier alpha value is -3.93. The molecule has 4 unspecified atom stereocenters. The van der Waals surface area contributed by atoms with Crippen LogP contribution >= 0.6 is 0 Å². The van der Waals surface area contributed by atoms with E-state index in [1.165, 1.54) is 13.8 Å². The average molecular weight is 476 g/mol. The first kappa shape index (κ1) is 26.3. The van der Waals surface area contributed by atoms with Crippen molar-refractivity contribution in [2.75, 3.05) is 0 Å². The number of aromatic nitrogens is 1. The zero-order chi connectivity index (χ0) is 25.4. The summed E-state index contributed by atoms with van der Waals surface area (Å²) in [5.74, 6) is -4.68. The number of benzene rings is 1. The Morgan fingerprint density at radius 3 is 2.18 bits per heavy atom. The highest BCUT2D eigenvalue weighted by atomic mass is 16.4. The number of aliphatic carboxylic acids is 2. The van der Waals surface area contributed by atoms with Crippen molar-refractivity contribution in [3.63, 3.8) is 0 Å². The Labute approximate surface area is 195 Å². The summed E-state index contributed by atoms with van der Waals surface area (Å²) in [5, 5.41) is 26.1. The summed E-state index contributed by atoms with van der Waals surface area (Å²) in [6.45, 7) is 2.69. The van der Waals surface area contributed by atoms with Gasteiger partial charge >= 0.3 is 11.9 Å². The Balaban J connectivity index is 2.26. The van der Waals surface area contributed by atoms with Gasteiger partial charge in [-0.2, -0.15) is 0 Å². The second kappa shape index (κ2) is 11.8. The molecule has 0 aliphatic heterocycles. The SMILES string of the molecule is CC(N)C(=O)NC(Cc1c[nH]c2ccccc12)C(=O)NC(CCC(=O)O)C(=O)NC(C)C(=O)O. The minimum absolute atomic E-state index is 0.0626. The first-order valence-corrected chi connectivity index (χ1v) is 10.7. The van der Waals surface area contributed by atoms with Crippen molar-refractivity contribution in [3.05, 3.63) is 36.0 Å². The fourth-order valence-corrected chi connectivity index (χ4v) is 3.22. The van der Waals surface area contributed by atoms with Crippen LogP contribution in [0, 0.1) is 0 Å². The van der Waals surface area contributed by atoms with E-state index in [9.17, 15) is 24.0 Å². The number of carboxylic acids is 2. The van der Waals surface area contributed by atoms with E-state index in [1.807, 2.05) is 24.3 Å². The van der Waals surface area contributed by atoms with Gasteiger partial charge in [0.25, 0.3) is 0 Å². The molecule has 3 amide bonds. The standard InChI is InChI=1S/C22H29N5O7/c1-11(23)19(30)27-17(9-13-10-24-15-6-4-3-5-14(13)15)21(32)26-16(7-8-18(28)29)20(31)25-12(2)22(33)34/h3-6,10-12,16-17,24H,7-9,23H2,1-2H3,(H,25,31)(H,26,32)(H,27,30)(H,28,29)(H,33,34). The topological polar surface area (TPSA) is 204 Å². The lowest BCUT2D eigenvalue weighted by Crippen LogP contribution is -2.57. The van der Waals surface area contributed by atoms with Crippen LogP contribution in [0.25, 0.3) is 10.9 Å². The van der Waals surface area contributed by atoms with Crippen LogP contribution in [0.1, 0.15) is 32.3 Å². The summed E-state index contributed by atoms with van der Waals surface area (Å²) in [6.07, 6.45) is 1.04. The van der Waals surface area contributed by atoms with Gasteiger partial charge in [-0.1, -0.05) is 18.2 Å². The number of fused-ring (bicyclic) bond motifs is 1. The van der Waals surface area contributed by atoms with E-state index in [-0.39, 0.29) is 12.8 Å². The molecule has 0 saturated carbocycles. The summed E-state index contributed by atoms with van der Waals surface area (Å²) in [5.41, 5.74) is 7.19. The fraction of sp³-hybridized carbons (Fsp3) is 0.409. The molecule has 0 aliphatic rings. The van der Waals surface area contributed by atoms with Gasteiger partial charge in [0.05, 0.1) is 6.04 Å². The second-order valence-corrected chi connectivity index (χ2v) is 7.98. The summed E-state index contributed by atoms with van der Waals surface area (Å²) in [6, 6.07) is 2.75. The Morgan fingerprint density at radius 1 is 0.941 bits per heavy atom. The Bertz CT molecular complexity index is 1060. The van der Waals surface area contributed by atoms with Crippen LogP contribution in [-0.4, -0.2) is 69.0 Å². The van der Waals surface area contributed by atoms with Crippen LogP contribution in [0.4, 0.5) is 0 Å². The third-order valence-electron chi connectivity index (χ3n) is 5.15. The monoisotopic (exact) mass is 475 g/mol. The molecule has 0 radical (unpaired) electrons. The number of H-pyrrole nitrogens is 1. The highest BCUT2D eigenvalue weighted by Gasteiger charge is 2.30. The lowest BCUT2D eigenvalue weighted by Gasteiger charge is -2.24. The van der Waals surface area contributed by atoms with Crippen molar-refractivity contribution in [1.82, 2.24) is 20.9 Å². The van der Waals surface area contributed by atoms with Crippen molar-refractivity contribution < 1.29 is 34.2 Å². The van der Waals surface area contributed by atoms with Gasteiger partial charge in [0, 0.05) is 29.9 Å². The number of nitrogens with two attached hydrogens (primary N) is 1. The van der Waals surface area contributed by atoms with E-state index in [2.05, 4.69) is 20.9 Å². The van der Waals surface area contributed by atoms with Crippen molar-refractivity contribution in [1.29, 1.82) is 0 Å². The molecular weight excluding hydrogens is 446 g/mol. The van der Waals surface area contributed by atoms with E-state index in [1.54, 1.807) is 6.20 Å². The molecule has 0 fully saturated rings. The Morgan fingerprint density at radius 2 is 1.56 bits per heavy atom. The highest BCUT2D eigenvalue weighted by Crippen LogP contribution is 2.19. The quantitative estimate of drug-likeness (QED) is 0.212. The van der Waals surface area contributed by atoms with Crippen LogP contribution < -0.4 is 21.7 Å². The van der Waals surface area contributed by atoms with Crippen LogP contribution in [0.5, 0.6) is 0 Å². The molecule has 1 aromatic heterocycles. The smallest absolute Gasteiger partial charge is 0.325 e. The van der Waals surface area contributed by atoms with Gasteiger partial charge in [-0.05, 0) is 31.9 Å². The molecule has 0 saturated heterocycles. The van der Waals surface area contributed by atoms with E-state index in [4.69, 9.17) is 15.9 Å². The highest BCUT2D eigenvalue weighted by molar-refractivity contribution is 5.95. The van der Waals surface area contributed by atoms with Crippen LogP contribution in [-0.2, 0) is 30.4 Å². The molecule has 0 aliphatic carbocycles. The second-order valence-electron chi connectivity index (χ2n) is 7.98. The molecule has 1 aromatic carbocycles. The maximum atomic E-state index is 13.1. The first-order chi connectivity index (χ1) is 16.0. The molecule has 12 nitrogen and oxygen atoms in total. The normalized spacial score (nSPS) is 14.4. The molecule has 184 valence electrons. The third kappa shape index (κ3) is 7.30. The number of rotatable bonds is 12. The fourth-order valence-electron chi connectivity index (χ4n) is 3.22. The molecule has 0 bridgehead atoms. The van der Waals surface area contributed by atoms with Crippen molar-refractivity contribution in [3.8, 4) is 0 Å². The average Bonchev–Trinajstić information content (AvgIpc) is 3.18. The number of hydrogen-bond donors (Lipinski definition) is 7. The lowest BCUT2D eigenvalue weighted by molar-refractivity contribution is -0.142. The molecule has 8 N–H and O–H groups in total. The van der Waals surface area contributed by atoms with Crippen molar-refractivity contribution in [2.24, 2.45) is 5.73 Å². The molecule has 2 aromatic rings. The number of aromatic amines is 1. The summed E-state index contributed by atoms with van der Waals surface area (Å²) >= 11 is 0. The summed E-state index contributed by atoms with van der Waals surface area (Å²) in [4.78, 5) is 63.1. The number of carbonyl (C=O) groups is 5. The maximum absolute atomic E-state index is 13.1. The summed E-state index contributed by atoms with van der Waals surface area (Å²) in [7, 11) is 0. The number of carboxylic acid groups (broad SMARTS) is 2. The summed E-state index contributed by atoms with van der Waals surface area (Å²) < 4.78 is 0. The molecule has 2 rings (SSSR count). The van der Waals surface area contributed by atoms with E-state index in [0.717, 1.165) is 16.5 Å². The van der Waals surface area contributed by atoms with Crippen LogP contribution in [0.15, 0.2) is 30.5 Å². The lowest BCUT2D eigenvalue weighted by atomic mass is 10.0. The van der Waals surface area contributed by atoms with Gasteiger partial charge in [0.15, 0.2) is 0 Å². The third-order valence-corrected chi connectivity index (χ3v) is 5.15. The van der Waals surface area contributed by atoms with Gasteiger partial charge in [-0.3, -0.25) is 24.0 Å². The van der Waals surface area contributed by atoms with Crippen molar-refractivity contribution >= 4 is 40.6 Å².